The van der Waals surface area contributed by atoms with E-state index in [2.05, 4.69) is 10.3 Å². The van der Waals surface area contributed by atoms with Gasteiger partial charge in [-0.2, -0.15) is 13.2 Å². The summed E-state index contributed by atoms with van der Waals surface area (Å²) in [5.74, 6) is -2.22. The first-order valence-electron chi connectivity index (χ1n) is 13.5. The third-order valence-corrected chi connectivity index (χ3v) is 7.79. The van der Waals surface area contributed by atoms with E-state index in [0.717, 1.165) is 17.2 Å². The molecule has 11 heteroatoms. The van der Waals surface area contributed by atoms with Gasteiger partial charge in [-0.3, -0.25) is 4.79 Å². The lowest BCUT2D eigenvalue weighted by Gasteiger charge is -2.35. The van der Waals surface area contributed by atoms with Crippen LogP contribution in [0.2, 0.25) is 0 Å². The topological polar surface area (TPSA) is 101 Å². The lowest BCUT2D eigenvalue weighted by Crippen LogP contribution is -2.50. The van der Waals surface area contributed by atoms with Crippen molar-refractivity contribution in [1.29, 1.82) is 0 Å². The molecular formula is C30H40F3N3O5. The van der Waals surface area contributed by atoms with Gasteiger partial charge in [-0.05, 0) is 35.4 Å². The molecule has 3 rings (SSSR count). The minimum absolute atomic E-state index is 0.0191. The Labute approximate surface area is 239 Å². The van der Waals surface area contributed by atoms with Gasteiger partial charge in [-0.25, -0.2) is 9.78 Å². The quantitative estimate of drug-likeness (QED) is 0.409. The second-order valence-corrected chi connectivity index (χ2v) is 11.8. The zero-order chi connectivity index (χ0) is 30.9. The highest BCUT2D eigenvalue weighted by Crippen LogP contribution is 2.49. The number of nitrogens with zero attached hydrogens (tertiary/aromatic N) is 2. The van der Waals surface area contributed by atoms with Crippen LogP contribution in [0, 0.1) is 11.3 Å². The fourth-order valence-corrected chi connectivity index (χ4v) is 5.86. The van der Waals surface area contributed by atoms with Gasteiger partial charge in [0.15, 0.2) is 0 Å². The molecule has 1 amide bonds. The summed E-state index contributed by atoms with van der Waals surface area (Å²) in [7, 11) is 2.71. The fourth-order valence-electron chi connectivity index (χ4n) is 5.86. The summed E-state index contributed by atoms with van der Waals surface area (Å²) < 4.78 is 51.2. The minimum atomic E-state index is -4.61. The van der Waals surface area contributed by atoms with Crippen molar-refractivity contribution in [2.75, 3.05) is 14.2 Å². The van der Waals surface area contributed by atoms with Crippen molar-refractivity contribution in [3.05, 3.63) is 58.8 Å². The Hall–Kier alpha value is -3.18. The Morgan fingerprint density at radius 1 is 1.12 bits per heavy atom. The number of benzene rings is 1. The number of pyridine rings is 1. The summed E-state index contributed by atoms with van der Waals surface area (Å²) in [6.45, 7) is 11.2. The number of nitrogens with one attached hydrogen (secondary N) is 1. The largest absolute Gasteiger partial charge is 0.481 e. The predicted octanol–water partition coefficient (Wildman–Crippen LogP) is 5.42. The highest BCUT2D eigenvalue weighted by Gasteiger charge is 2.58. The number of ether oxygens (including phenoxy) is 2. The molecule has 41 heavy (non-hydrogen) atoms. The number of likely N-dealkylation sites (tertiary alicyclic amines) is 1. The first-order chi connectivity index (χ1) is 19.0. The number of carbonyl (C=O) groups excluding carboxylic acids is 1. The zero-order valence-electron chi connectivity index (χ0n) is 24.7. The number of hydrogen-bond donors (Lipinski definition) is 2. The number of aliphatic carboxylic acids is 1. The van der Waals surface area contributed by atoms with Gasteiger partial charge < -0.3 is 24.8 Å². The van der Waals surface area contributed by atoms with E-state index in [4.69, 9.17) is 9.47 Å². The lowest BCUT2D eigenvalue weighted by molar-refractivity contribution is -0.156. The number of amides is 1. The van der Waals surface area contributed by atoms with Gasteiger partial charge in [-0.1, -0.05) is 58.9 Å². The maximum Gasteiger partial charge on any atom is 0.417 e. The molecule has 0 spiro atoms. The van der Waals surface area contributed by atoms with E-state index >= 15 is 0 Å². The molecule has 0 unspecified atom stereocenters. The van der Waals surface area contributed by atoms with E-state index in [9.17, 15) is 27.9 Å². The van der Waals surface area contributed by atoms with Crippen molar-refractivity contribution in [1.82, 2.24) is 15.2 Å². The molecule has 226 valence electrons. The number of rotatable bonds is 9. The van der Waals surface area contributed by atoms with Crippen LogP contribution in [0.1, 0.15) is 75.8 Å². The molecular weight excluding hydrogens is 539 g/mol. The highest BCUT2D eigenvalue weighted by molar-refractivity contribution is 5.88. The second-order valence-electron chi connectivity index (χ2n) is 11.8. The maximum absolute atomic E-state index is 13.9. The van der Waals surface area contributed by atoms with Gasteiger partial charge in [0.05, 0.1) is 18.7 Å². The van der Waals surface area contributed by atoms with Crippen LogP contribution >= 0.6 is 0 Å². The molecule has 2 aromatic rings. The molecule has 1 aliphatic rings. The molecule has 8 nitrogen and oxygen atoms in total. The third kappa shape index (κ3) is 6.67. The molecule has 0 radical (unpaired) electrons. The standard InChI is InChI=1S/C30H40F3N3O5/c1-16(2)20-11-9-10-12-21(20)24-23(34-14-18-13-19(30(31,32)33)15-35-26(18)41-8)22(29(4,5)6)25(28(38)39)36(24)27(37)17(3)40-7/h9-13,15-17,22-25,34H,14H2,1-8H3,(H,38,39)/t17-,22-,23-,24-,25-/m0/s1. The Morgan fingerprint density at radius 2 is 1.76 bits per heavy atom. The zero-order valence-corrected chi connectivity index (χ0v) is 24.7. The molecule has 1 aliphatic heterocycles. The van der Waals surface area contributed by atoms with E-state index in [0.29, 0.717) is 6.20 Å². The number of methoxy groups -OCH3 is 2. The van der Waals surface area contributed by atoms with E-state index < -0.39 is 59.2 Å². The summed E-state index contributed by atoms with van der Waals surface area (Å²) in [5, 5.41) is 13.9. The van der Waals surface area contributed by atoms with Crippen LogP contribution in [-0.4, -0.2) is 59.3 Å². The molecule has 1 fully saturated rings. The van der Waals surface area contributed by atoms with Gasteiger partial charge in [-0.15, -0.1) is 0 Å². The van der Waals surface area contributed by atoms with Crippen molar-refractivity contribution < 1.29 is 37.3 Å². The van der Waals surface area contributed by atoms with E-state index in [1.54, 1.807) is 6.92 Å². The van der Waals surface area contributed by atoms with Crippen LogP contribution in [0.15, 0.2) is 36.5 Å². The molecule has 0 bridgehead atoms. The van der Waals surface area contributed by atoms with E-state index in [-0.39, 0.29) is 23.9 Å². The number of carboxylic acid groups (broad SMARTS) is 1. The Balaban J connectivity index is 2.25. The summed E-state index contributed by atoms with van der Waals surface area (Å²) in [6, 6.07) is 5.86. The normalized spacial score (nSPS) is 22.2. The first kappa shape index (κ1) is 32.3. The summed E-state index contributed by atoms with van der Waals surface area (Å²) in [6.07, 6.45) is -4.82. The number of halogens is 3. The first-order valence-corrected chi connectivity index (χ1v) is 13.5. The molecule has 2 N–H and O–H groups in total. The molecule has 1 aromatic carbocycles. The molecule has 0 aliphatic carbocycles. The van der Waals surface area contributed by atoms with Gasteiger partial charge in [0.2, 0.25) is 5.88 Å². The average Bonchev–Trinajstić information content (AvgIpc) is 3.26. The number of aromatic nitrogens is 1. The highest BCUT2D eigenvalue weighted by atomic mass is 19.4. The Kier molecular flexibility index (Phi) is 9.75. The number of carbonyl (C=O) groups is 2. The Morgan fingerprint density at radius 3 is 2.27 bits per heavy atom. The van der Waals surface area contributed by atoms with Crippen molar-refractivity contribution in [3.63, 3.8) is 0 Å². The van der Waals surface area contributed by atoms with Gasteiger partial charge in [0.1, 0.15) is 12.1 Å². The molecule has 0 saturated carbocycles. The van der Waals surface area contributed by atoms with Crippen LogP contribution in [0.3, 0.4) is 0 Å². The minimum Gasteiger partial charge on any atom is -0.481 e. The van der Waals surface area contributed by atoms with Crippen LogP contribution in [-0.2, 0) is 27.0 Å². The summed E-state index contributed by atoms with van der Waals surface area (Å²) in [5.41, 5.74) is 0.304. The lowest BCUT2D eigenvalue weighted by atomic mass is 9.72. The number of carboxylic acids is 1. The summed E-state index contributed by atoms with van der Waals surface area (Å²) >= 11 is 0. The van der Waals surface area contributed by atoms with Crippen LogP contribution in [0.5, 0.6) is 5.88 Å². The third-order valence-electron chi connectivity index (χ3n) is 7.79. The van der Waals surface area contributed by atoms with Crippen LogP contribution in [0.4, 0.5) is 13.2 Å². The number of alkyl halides is 3. The predicted molar refractivity (Wildman–Crippen MR) is 147 cm³/mol. The number of hydrogen-bond acceptors (Lipinski definition) is 6. The average molecular weight is 580 g/mol. The molecule has 2 heterocycles. The van der Waals surface area contributed by atoms with Crippen molar-refractivity contribution >= 4 is 11.9 Å². The van der Waals surface area contributed by atoms with E-state index in [1.165, 1.54) is 19.1 Å². The van der Waals surface area contributed by atoms with Crippen LogP contribution in [0.25, 0.3) is 0 Å². The van der Waals surface area contributed by atoms with Crippen molar-refractivity contribution in [2.45, 2.75) is 84.4 Å². The maximum atomic E-state index is 13.9. The second kappa shape index (κ2) is 12.4. The smallest absolute Gasteiger partial charge is 0.417 e. The molecule has 1 aromatic heterocycles. The van der Waals surface area contributed by atoms with Gasteiger partial charge in [0.25, 0.3) is 5.91 Å². The monoisotopic (exact) mass is 579 g/mol. The molecule has 1 saturated heterocycles. The van der Waals surface area contributed by atoms with E-state index in [1.807, 2.05) is 58.9 Å². The molecule has 5 atom stereocenters. The van der Waals surface area contributed by atoms with Crippen LogP contribution < -0.4 is 10.1 Å². The Bertz CT molecular complexity index is 1240. The van der Waals surface area contributed by atoms with Gasteiger partial charge >= 0.3 is 12.1 Å². The van der Waals surface area contributed by atoms with Gasteiger partial charge in [0, 0.05) is 37.4 Å². The SMILES string of the molecule is COc1ncc(C(F)(F)F)cc1CN[C@H]1[C@H](C(C)(C)C)[C@@H](C(=O)O)N(C(=O)[C@H](C)OC)[C@H]1c1ccccc1C(C)C. The van der Waals surface area contributed by atoms with Crippen molar-refractivity contribution in [2.24, 2.45) is 11.3 Å². The summed E-state index contributed by atoms with van der Waals surface area (Å²) in [4.78, 5) is 32.0. The fraction of sp³-hybridized carbons (Fsp3) is 0.567. The van der Waals surface area contributed by atoms with Crippen molar-refractivity contribution in [3.8, 4) is 5.88 Å².